The van der Waals surface area contributed by atoms with E-state index in [1.807, 2.05) is 18.2 Å². The van der Waals surface area contributed by atoms with Crippen molar-refractivity contribution in [3.8, 4) is 0 Å². The van der Waals surface area contributed by atoms with Gasteiger partial charge < -0.3 is 4.90 Å². The van der Waals surface area contributed by atoms with Gasteiger partial charge in [0.1, 0.15) is 0 Å². The number of hydrogen-bond donors (Lipinski definition) is 0. The van der Waals surface area contributed by atoms with Gasteiger partial charge in [-0.05, 0) is 24.3 Å². The third-order valence-corrected chi connectivity index (χ3v) is 3.61. The fourth-order valence-corrected chi connectivity index (χ4v) is 2.38. The fraction of sp³-hybridized carbons (Fsp3) is 0.429. The van der Waals surface area contributed by atoms with Gasteiger partial charge in [-0.3, -0.25) is 4.90 Å². The molecule has 0 N–H and O–H groups in total. The number of anilines is 1. The van der Waals surface area contributed by atoms with Gasteiger partial charge in [-0.2, -0.15) is 0 Å². The zero-order chi connectivity index (χ0) is 12.8. The third kappa shape index (κ3) is 3.91. The molecule has 0 aliphatic carbocycles. The van der Waals surface area contributed by atoms with Crippen LogP contribution < -0.4 is 4.90 Å². The maximum atomic E-state index is 5.90. The Labute approximate surface area is 119 Å². The van der Waals surface area contributed by atoms with E-state index in [0.717, 1.165) is 37.7 Å². The molecular weight excluding hydrogens is 267 g/mol. The second-order valence-corrected chi connectivity index (χ2v) is 5.13. The minimum absolute atomic E-state index is 0.602. The molecule has 18 heavy (non-hydrogen) atoms. The highest BCUT2D eigenvalue weighted by atomic mass is 35.5. The summed E-state index contributed by atoms with van der Waals surface area (Å²) in [5, 5.41) is 0.795. The minimum atomic E-state index is 0.602. The standard InChI is InChI=1S/C14H18Cl2N2/c15-7-1-2-8-17-9-11-18(12-10-17)14-5-3-13(16)4-6-14/h1-6H,7-12H2. The highest BCUT2D eigenvalue weighted by Crippen LogP contribution is 2.19. The highest BCUT2D eigenvalue weighted by Gasteiger charge is 2.15. The molecule has 2 nitrogen and oxygen atoms in total. The van der Waals surface area contributed by atoms with Crippen LogP contribution in [0.5, 0.6) is 0 Å². The molecule has 1 aliphatic heterocycles. The van der Waals surface area contributed by atoms with E-state index in [-0.39, 0.29) is 0 Å². The van der Waals surface area contributed by atoms with Gasteiger partial charge >= 0.3 is 0 Å². The number of nitrogens with zero attached hydrogens (tertiary/aromatic N) is 2. The summed E-state index contributed by atoms with van der Waals surface area (Å²) in [5.74, 6) is 0.602. The van der Waals surface area contributed by atoms with Crippen LogP contribution in [0.3, 0.4) is 0 Å². The number of benzene rings is 1. The van der Waals surface area contributed by atoms with Crippen molar-refractivity contribution in [3.05, 3.63) is 41.4 Å². The van der Waals surface area contributed by atoms with E-state index in [9.17, 15) is 0 Å². The molecule has 1 aromatic carbocycles. The molecule has 0 saturated carbocycles. The Bertz CT molecular complexity index is 381. The van der Waals surface area contributed by atoms with Crippen molar-refractivity contribution in [1.29, 1.82) is 0 Å². The molecule has 0 aromatic heterocycles. The Morgan fingerprint density at radius 2 is 1.67 bits per heavy atom. The first kappa shape index (κ1) is 13.7. The van der Waals surface area contributed by atoms with Crippen LogP contribution in [0.4, 0.5) is 5.69 Å². The van der Waals surface area contributed by atoms with Crippen LogP contribution in [-0.2, 0) is 0 Å². The normalized spacial score (nSPS) is 17.6. The second kappa shape index (κ2) is 7.03. The van der Waals surface area contributed by atoms with Gasteiger partial charge in [-0.15, -0.1) is 11.6 Å². The fourth-order valence-electron chi connectivity index (χ4n) is 2.13. The van der Waals surface area contributed by atoms with Crippen molar-refractivity contribution in [2.75, 3.05) is 43.5 Å². The Balaban J connectivity index is 1.83. The maximum absolute atomic E-state index is 5.90. The number of rotatable bonds is 4. The number of hydrogen-bond acceptors (Lipinski definition) is 2. The Morgan fingerprint density at radius 1 is 1.00 bits per heavy atom. The van der Waals surface area contributed by atoms with Crippen molar-refractivity contribution in [1.82, 2.24) is 4.90 Å². The Morgan fingerprint density at radius 3 is 2.28 bits per heavy atom. The van der Waals surface area contributed by atoms with E-state index in [4.69, 9.17) is 23.2 Å². The SMILES string of the molecule is ClCC=CCN1CCN(c2ccc(Cl)cc2)CC1. The summed E-state index contributed by atoms with van der Waals surface area (Å²) in [6.45, 7) is 5.32. The van der Waals surface area contributed by atoms with Gasteiger partial charge in [0.15, 0.2) is 0 Å². The summed E-state index contributed by atoms with van der Waals surface area (Å²) >= 11 is 11.5. The van der Waals surface area contributed by atoms with Gasteiger partial charge in [0.2, 0.25) is 0 Å². The number of halogens is 2. The van der Waals surface area contributed by atoms with E-state index in [0.29, 0.717) is 5.88 Å². The molecule has 2 rings (SSSR count). The van der Waals surface area contributed by atoms with E-state index in [1.54, 1.807) is 0 Å². The van der Waals surface area contributed by atoms with Gasteiger partial charge in [-0.25, -0.2) is 0 Å². The summed E-state index contributed by atoms with van der Waals surface area (Å²) in [6, 6.07) is 8.08. The molecule has 1 fully saturated rings. The van der Waals surface area contributed by atoms with Crippen LogP contribution in [0.25, 0.3) is 0 Å². The topological polar surface area (TPSA) is 6.48 Å². The van der Waals surface area contributed by atoms with Crippen molar-refractivity contribution in [2.45, 2.75) is 0 Å². The zero-order valence-electron chi connectivity index (χ0n) is 10.4. The van der Waals surface area contributed by atoms with Crippen molar-refractivity contribution in [2.24, 2.45) is 0 Å². The molecule has 0 amide bonds. The molecule has 0 atom stereocenters. The Hall–Kier alpha value is -0.700. The van der Waals surface area contributed by atoms with Gasteiger partial charge in [0.05, 0.1) is 0 Å². The predicted octanol–water partition coefficient (Wildman–Crippen LogP) is 3.26. The third-order valence-electron chi connectivity index (χ3n) is 3.18. The lowest BCUT2D eigenvalue weighted by atomic mass is 10.2. The smallest absolute Gasteiger partial charge is 0.0407 e. The molecule has 1 heterocycles. The van der Waals surface area contributed by atoms with E-state index in [1.165, 1.54) is 5.69 Å². The summed E-state index contributed by atoms with van der Waals surface area (Å²) < 4.78 is 0. The van der Waals surface area contributed by atoms with Crippen LogP contribution in [0, 0.1) is 0 Å². The molecule has 1 aliphatic rings. The number of piperazine rings is 1. The number of allylic oxidation sites excluding steroid dienone is 1. The van der Waals surface area contributed by atoms with Crippen LogP contribution in [0.1, 0.15) is 0 Å². The van der Waals surface area contributed by atoms with Crippen molar-refractivity contribution in [3.63, 3.8) is 0 Å². The summed E-state index contributed by atoms with van der Waals surface area (Å²) in [4.78, 5) is 4.84. The molecule has 0 bridgehead atoms. The first-order chi connectivity index (χ1) is 8.79. The summed E-state index contributed by atoms with van der Waals surface area (Å²) in [7, 11) is 0. The van der Waals surface area contributed by atoms with E-state index >= 15 is 0 Å². The van der Waals surface area contributed by atoms with Gasteiger partial charge in [0, 0.05) is 49.3 Å². The number of alkyl halides is 1. The molecule has 1 saturated heterocycles. The quantitative estimate of drug-likeness (QED) is 0.619. The average molecular weight is 285 g/mol. The lowest BCUT2D eigenvalue weighted by Gasteiger charge is -2.35. The van der Waals surface area contributed by atoms with Gasteiger partial charge in [-0.1, -0.05) is 23.8 Å². The molecule has 4 heteroatoms. The van der Waals surface area contributed by atoms with Crippen LogP contribution in [-0.4, -0.2) is 43.5 Å². The first-order valence-electron chi connectivity index (χ1n) is 6.23. The van der Waals surface area contributed by atoms with E-state index in [2.05, 4.69) is 28.0 Å². The highest BCUT2D eigenvalue weighted by molar-refractivity contribution is 6.30. The average Bonchev–Trinajstić information content (AvgIpc) is 2.41. The molecular formula is C14H18Cl2N2. The van der Waals surface area contributed by atoms with Gasteiger partial charge in [0.25, 0.3) is 0 Å². The van der Waals surface area contributed by atoms with Crippen LogP contribution in [0.15, 0.2) is 36.4 Å². The lowest BCUT2D eigenvalue weighted by Crippen LogP contribution is -2.46. The largest absolute Gasteiger partial charge is 0.369 e. The monoisotopic (exact) mass is 284 g/mol. The molecule has 0 radical (unpaired) electrons. The Kier molecular flexibility index (Phi) is 5.36. The van der Waals surface area contributed by atoms with Crippen molar-refractivity contribution >= 4 is 28.9 Å². The van der Waals surface area contributed by atoms with E-state index < -0.39 is 0 Å². The molecule has 98 valence electrons. The van der Waals surface area contributed by atoms with Crippen LogP contribution >= 0.6 is 23.2 Å². The maximum Gasteiger partial charge on any atom is 0.0407 e. The second-order valence-electron chi connectivity index (χ2n) is 4.39. The minimum Gasteiger partial charge on any atom is -0.369 e. The summed E-state index contributed by atoms with van der Waals surface area (Å²) in [5.41, 5.74) is 1.26. The first-order valence-corrected chi connectivity index (χ1v) is 7.14. The predicted molar refractivity (Wildman–Crippen MR) is 80.0 cm³/mol. The lowest BCUT2D eigenvalue weighted by molar-refractivity contribution is 0.284. The van der Waals surface area contributed by atoms with Crippen LogP contribution in [0.2, 0.25) is 5.02 Å². The van der Waals surface area contributed by atoms with Crippen molar-refractivity contribution < 1.29 is 0 Å². The molecule has 0 unspecified atom stereocenters. The molecule has 1 aromatic rings. The molecule has 0 spiro atoms. The summed E-state index contributed by atoms with van der Waals surface area (Å²) in [6.07, 6.45) is 4.15. The zero-order valence-corrected chi connectivity index (χ0v) is 11.9.